The van der Waals surface area contributed by atoms with Crippen molar-refractivity contribution in [3.63, 3.8) is 0 Å². The van der Waals surface area contributed by atoms with Crippen LogP contribution in [0.25, 0.3) is 0 Å². The molecule has 0 amide bonds. The van der Waals surface area contributed by atoms with Crippen LogP contribution in [-0.2, 0) is 4.74 Å². The predicted octanol–water partition coefficient (Wildman–Crippen LogP) is 2.95. The highest BCUT2D eigenvalue weighted by Crippen LogP contribution is 2.22. The zero-order valence-corrected chi connectivity index (χ0v) is 13.7. The third-order valence-electron chi connectivity index (χ3n) is 3.57. The molecule has 0 unspecified atom stereocenters. The molecule has 0 radical (unpaired) electrons. The standard InChI is InChI=1S/C19H24O4/c1-3-4-5-6-7-16-12-13-18(19(14-20)23-16)22-17-10-8-15(21-2)9-11-17/h8-13,16,18-20H,3-5,14H2,1-2H3/t16-,18+,19-/m1/s1. The normalized spacial score (nSPS) is 23.0. The summed E-state index contributed by atoms with van der Waals surface area (Å²) >= 11 is 0. The van der Waals surface area contributed by atoms with Crippen LogP contribution in [0.15, 0.2) is 36.4 Å². The molecular weight excluding hydrogens is 292 g/mol. The molecule has 0 aromatic heterocycles. The lowest BCUT2D eigenvalue weighted by molar-refractivity contribution is -0.0549. The van der Waals surface area contributed by atoms with Gasteiger partial charge >= 0.3 is 0 Å². The lowest BCUT2D eigenvalue weighted by Gasteiger charge is -2.29. The molecule has 0 aliphatic carbocycles. The molecule has 0 spiro atoms. The van der Waals surface area contributed by atoms with Crippen LogP contribution in [-0.4, -0.2) is 37.1 Å². The van der Waals surface area contributed by atoms with Gasteiger partial charge in [0.1, 0.15) is 29.8 Å². The average Bonchev–Trinajstić information content (AvgIpc) is 2.60. The van der Waals surface area contributed by atoms with Crippen LogP contribution in [0.5, 0.6) is 11.5 Å². The van der Waals surface area contributed by atoms with E-state index in [2.05, 4.69) is 18.8 Å². The number of hydrogen-bond donors (Lipinski definition) is 1. The second-order valence-corrected chi connectivity index (χ2v) is 5.35. The van der Waals surface area contributed by atoms with Crippen molar-refractivity contribution < 1.29 is 19.3 Å². The minimum absolute atomic E-state index is 0.113. The van der Waals surface area contributed by atoms with Crippen LogP contribution < -0.4 is 9.47 Å². The Hall–Kier alpha value is -1.96. The molecular formula is C19H24O4. The fourth-order valence-corrected chi connectivity index (χ4v) is 2.24. The largest absolute Gasteiger partial charge is 0.497 e. The van der Waals surface area contributed by atoms with Crippen molar-refractivity contribution in [2.75, 3.05) is 13.7 Å². The molecule has 0 saturated heterocycles. The summed E-state index contributed by atoms with van der Waals surface area (Å²) in [6.07, 6.45) is 5.87. The molecule has 23 heavy (non-hydrogen) atoms. The average molecular weight is 316 g/mol. The molecule has 3 atom stereocenters. The molecule has 0 fully saturated rings. The Morgan fingerprint density at radius 1 is 1.17 bits per heavy atom. The van der Waals surface area contributed by atoms with E-state index < -0.39 is 6.10 Å². The van der Waals surface area contributed by atoms with E-state index in [1.165, 1.54) is 0 Å². The minimum Gasteiger partial charge on any atom is -0.497 e. The van der Waals surface area contributed by atoms with Crippen LogP contribution in [0.1, 0.15) is 26.2 Å². The number of aliphatic hydroxyl groups excluding tert-OH is 1. The summed E-state index contributed by atoms with van der Waals surface area (Å²) < 4.78 is 16.8. The Balaban J connectivity index is 1.97. The fourth-order valence-electron chi connectivity index (χ4n) is 2.24. The molecule has 124 valence electrons. The van der Waals surface area contributed by atoms with Gasteiger partial charge in [-0.15, -0.1) is 5.92 Å². The van der Waals surface area contributed by atoms with Gasteiger partial charge in [0.05, 0.1) is 13.7 Å². The Bertz CT molecular complexity index is 553. The highest BCUT2D eigenvalue weighted by molar-refractivity contribution is 5.32. The summed E-state index contributed by atoms with van der Waals surface area (Å²) in [6.45, 7) is 2.03. The van der Waals surface area contributed by atoms with Gasteiger partial charge in [-0.1, -0.05) is 19.3 Å². The lowest BCUT2D eigenvalue weighted by atomic mass is 10.1. The molecule has 1 aromatic carbocycles. The quantitative estimate of drug-likeness (QED) is 0.498. The van der Waals surface area contributed by atoms with E-state index in [4.69, 9.17) is 14.2 Å². The van der Waals surface area contributed by atoms with Crippen LogP contribution >= 0.6 is 0 Å². The van der Waals surface area contributed by atoms with E-state index >= 15 is 0 Å². The van der Waals surface area contributed by atoms with Crippen LogP contribution in [0, 0.1) is 11.8 Å². The molecule has 2 rings (SSSR count). The van der Waals surface area contributed by atoms with Crippen molar-refractivity contribution >= 4 is 0 Å². The first-order chi connectivity index (χ1) is 11.3. The van der Waals surface area contributed by atoms with Crippen molar-refractivity contribution in [2.45, 2.75) is 44.5 Å². The van der Waals surface area contributed by atoms with Gasteiger partial charge in [-0.3, -0.25) is 0 Å². The van der Waals surface area contributed by atoms with E-state index in [0.717, 1.165) is 25.0 Å². The maximum atomic E-state index is 9.54. The van der Waals surface area contributed by atoms with Crippen LogP contribution in [0.2, 0.25) is 0 Å². The molecule has 0 bridgehead atoms. The van der Waals surface area contributed by atoms with E-state index in [1.54, 1.807) is 7.11 Å². The molecule has 1 N–H and O–H groups in total. The van der Waals surface area contributed by atoms with Crippen molar-refractivity contribution in [3.8, 4) is 23.3 Å². The smallest absolute Gasteiger partial charge is 0.145 e. The van der Waals surface area contributed by atoms with Gasteiger partial charge in [0.2, 0.25) is 0 Å². The number of unbranched alkanes of at least 4 members (excludes halogenated alkanes) is 2. The van der Waals surface area contributed by atoms with E-state index in [9.17, 15) is 5.11 Å². The summed E-state index contributed by atoms with van der Waals surface area (Å²) in [6, 6.07) is 7.33. The molecule has 0 saturated carbocycles. The second kappa shape index (κ2) is 9.24. The van der Waals surface area contributed by atoms with Crippen LogP contribution in [0.3, 0.4) is 0 Å². The van der Waals surface area contributed by atoms with Gasteiger partial charge < -0.3 is 19.3 Å². The van der Waals surface area contributed by atoms with Gasteiger partial charge in [0.25, 0.3) is 0 Å². The summed E-state index contributed by atoms with van der Waals surface area (Å²) in [5.41, 5.74) is 0. The van der Waals surface area contributed by atoms with E-state index in [1.807, 2.05) is 36.4 Å². The third-order valence-corrected chi connectivity index (χ3v) is 3.57. The maximum Gasteiger partial charge on any atom is 0.145 e. The maximum absolute atomic E-state index is 9.54. The van der Waals surface area contributed by atoms with Gasteiger partial charge in [-0.2, -0.15) is 0 Å². The number of benzene rings is 1. The number of ether oxygens (including phenoxy) is 3. The molecule has 1 aliphatic rings. The number of aliphatic hydroxyl groups is 1. The van der Waals surface area contributed by atoms with Gasteiger partial charge in [0.15, 0.2) is 0 Å². The van der Waals surface area contributed by atoms with E-state index in [-0.39, 0.29) is 18.8 Å². The topological polar surface area (TPSA) is 47.9 Å². The Labute approximate surface area is 138 Å². The first-order valence-corrected chi connectivity index (χ1v) is 8.00. The lowest BCUT2D eigenvalue weighted by Crippen LogP contribution is -2.40. The molecule has 4 nitrogen and oxygen atoms in total. The van der Waals surface area contributed by atoms with Gasteiger partial charge in [-0.05, 0) is 42.8 Å². The molecule has 1 heterocycles. The summed E-state index contributed by atoms with van der Waals surface area (Å²) in [7, 11) is 1.62. The fraction of sp³-hybridized carbons (Fsp3) is 0.474. The molecule has 1 aliphatic heterocycles. The summed E-state index contributed by atoms with van der Waals surface area (Å²) in [5.74, 6) is 7.67. The first-order valence-electron chi connectivity index (χ1n) is 8.00. The Kier molecular flexibility index (Phi) is 6.99. The predicted molar refractivity (Wildman–Crippen MR) is 89.6 cm³/mol. The summed E-state index contributed by atoms with van der Waals surface area (Å²) in [4.78, 5) is 0. The number of hydrogen-bond acceptors (Lipinski definition) is 4. The zero-order valence-electron chi connectivity index (χ0n) is 13.7. The van der Waals surface area contributed by atoms with Crippen molar-refractivity contribution in [2.24, 2.45) is 0 Å². The van der Waals surface area contributed by atoms with Crippen molar-refractivity contribution in [1.29, 1.82) is 0 Å². The minimum atomic E-state index is -0.424. The molecule has 4 heteroatoms. The highest BCUT2D eigenvalue weighted by Gasteiger charge is 2.27. The monoisotopic (exact) mass is 316 g/mol. The third kappa shape index (κ3) is 5.31. The number of rotatable bonds is 6. The Morgan fingerprint density at radius 2 is 1.91 bits per heavy atom. The van der Waals surface area contributed by atoms with Crippen molar-refractivity contribution in [1.82, 2.24) is 0 Å². The molecule has 1 aromatic rings. The SMILES string of the molecule is CCCCC#C[C@@H]1C=C[C@H](Oc2ccc(OC)cc2)[C@@H](CO)O1. The zero-order chi connectivity index (χ0) is 16.5. The van der Waals surface area contributed by atoms with Gasteiger partial charge in [-0.25, -0.2) is 0 Å². The highest BCUT2D eigenvalue weighted by atomic mass is 16.6. The Morgan fingerprint density at radius 3 is 2.57 bits per heavy atom. The first kappa shape index (κ1) is 17.4. The summed E-state index contributed by atoms with van der Waals surface area (Å²) in [5, 5.41) is 9.54. The second-order valence-electron chi connectivity index (χ2n) is 5.35. The van der Waals surface area contributed by atoms with Crippen LogP contribution in [0.4, 0.5) is 0 Å². The van der Waals surface area contributed by atoms with E-state index in [0.29, 0.717) is 5.75 Å². The number of methoxy groups -OCH3 is 1. The van der Waals surface area contributed by atoms with Crippen molar-refractivity contribution in [3.05, 3.63) is 36.4 Å². The van der Waals surface area contributed by atoms with Gasteiger partial charge in [0, 0.05) is 6.42 Å².